The van der Waals surface area contributed by atoms with E-state index in [0.29, 0.717) is 17.1 Å². The average Bonchev–Trinajstić information content (AvgIpc) is 2.71. The molecule has 1 N–H and O–H groups in total. The van der Waals surface area contributed by atoms with Crippen LogP contribution in [0.1, 0.15) is 13.3 Å². The number of piperidine rings is 1. The van der Waals surface area contributed by atoms with Crippen LogP contribution in [0.3, 0.4) is 0 Å². The van der Waals surface area contributed by atoms with Crippen molar-refractivity contribution in [1.82, 2.24) is 9.88 Å². The van der Waals surface area contributed by atoms with Crippen LogP contribution in [0.4, 0.5) is 10.1 Å². The third kappa shape index (κ3) is 2.92. The largest absolute Gasteiger partial charge is 0.358 e. The summed E-state index contributed by atoms with van der Waals surface area (Å²) < 4.78 is 0. The lowest BCUT2D eigenvalue weighted by Gasteiger charge is -2.35. The number of nitrogens with zero attached hydrogens (tertiary/aromatic N) is 3. The van der Waals surface area contributed by atoms with E-state index >= 15 is 0 Å². The molecule has 1 aromatic heterocycles. The smallest absolute Gasteiger partial charge is 0.345 e. The van der Waals surface area contributed by atoms with Crippen molar-refractivity contribution in [2.24, 2.45) is 5.92 Å². The van der Waals surface area contributed by atoms with Crippen LogP contribution in [0.5, 0.6) is 0 Å². The van der Waals surface area contributed by atoms with Gasteiger partial charge in [-0.25, -0.2) is 4.98 Å². The minimum Gasteiger partial charge on any atom is -0.358 e. The van der Waals surface area contributed by atoms with Gasteiger partial charge < -0.3 is 10.2 Å². The van der Waals surface area contributed by atoms with Crippen LogP contribution in [-0.2, 0) is 0 Å². The van der Waals surface area contributed by atoms with Gasteiger partial charge in [0, 0.05) is 12.6 Å². The van der Waals surface area contributed by atoms with Gasteiger partial charge in [0.25, 0.3) is 0 Å². The number of rotatable bonds is 3. The van der Waals surface area contributed by atoms with E-state index in [1.54, 1.807) is 0 Å². The number of aromatic nitrogens is 1. The number of likely N-dealkylation sites (tertiary alicyclic amines) is 1. The average molecular weight is 256 g/mol. The van der Waals surface area contributed by atoms with E-state index < -0.39 is 4.92 Å². The highest BCUT2D eigenvalue weighted by atomic mass is 32.1. The first-order valence-electron chi connectivity index (χ1n) is 5.61. The fraction of sp³-hybridized carbons (Fsp3) is 0.700. The second kappa shape index (κ2) is 4.97. The summed E-state index contributed by atoms with van der Waals surface area (Å²) in [6.07, 6.45) is 2.36. The topological polar surface area (TPSA) is 71.3 Å². The Hall–Kier alpha value is -1.21. The Morgan fingerprint density at radius 1 is 1.71 bits per heavy atom. The number of thiazole rings is 1. The van der Waals surface area contributed by atoms with Crippen molar-refractivity contribution >= 4 is 21.5 Å². The van der Waals surface area contributed by atoms with Gasteiger partial charge >= 0.3 is 5.00 Å². The van der Waals surface area contributed by atoms with Gasteiger partial charge in [-0.15, -0.1) is 0 Å². The second-order valence-electron chi connectivity index (χ2n) is 4.54. The molecule has 0 saturated carbocycles. The Balaban J connectivity index is 1.98. The zero-order chi connectivity index (χ0) is 12.4. The molecule has 1 aliphatic rings. The van der Waals surface area contributed by atoms with Gasteiger partial charge in [-0.1, -0.05) is 6.92 Å². The van der Waals surface area contributed by atoms with E-state index in [4.69, 9.17) is 0 Å². The van der Waals surface area contributed by atoms with Crippen molar-refractivity contribution in [2.45, 2.75) is 19.4 Å². The standard InChI is InChI=1S/C10H16N4O2S/c1-7-6-13(2)4-3-8(7)12-10-11-5-9(17-10)14(15)16/h5,7-8H,3-4,6H2,1-2H3,(H,11,12). The zero-order valence-corrected chi connectivity index (χ0v) is 10.7. The third-order valence-electron chi connectivity index (χ3n) is 3.09. The number of anilines is 1. The number of nitro groups is 1. The fourth-order valence-electron chi connectivity index (χ4n) is 2.14. The molecule has 0 aromatic carbocycles. The van der Waals surface area contributed by atoms with Crippen molar-refractivity contribution in [3.63, 3.8) is 0 Å². The van der Waals surface area contributed by atoms with Crippen molar-refractivity contribution in [3.8, 4) is 0 Å². The molecule has 94 valence electrons. The molecule has 1 fully saturated rings. The van der Waals surface area contributed by atoms with Crippen molar-refractivity contribution < 1.29 is 4.92 Å². The first-order chi connectivity index (χ1) is 8.06. The predicted molar refractivity (Wildman–Crippen MR) is 67.5 cm³/mol. The molecule has 17 heavy (non-hydrogen) atoms. The van der Waals surface area contributed by atoms with Gasteiger partial charge in [-0.3, -0.25) is 10.1 Å². The Bertz CT molecular complexity index is 409. The molecular weight excluding hydrogens is 240 g/mol. The summed E-state index contributed by atoms with van der Waals surface area (Å²) in [5.41, 5.74) is 0. The molecule has 2 heterocycles. The lowest BCUT2D eigenvalue weighted by Crippen LogP contribution is -2.43. The number of hydrogen-bond acceptors (Lipinski definition) is 6. The molecule has 7 heteroatoms. The van der Waals surface area contributed by atoms with E-state index in [1.807, 2.05) is 0 Å². The Kier molecular flexibility index (Phi) is 3.58. The number of nitrogens with one attached hydrogen (secondary N) is 1. The lowest BCUT2D eigenvalue weighted by atomic mass is 9.94. The molecule has 2 atom stereocenters. The zero-order valence-electron chi connectivity index (χ0n) is 9.92. The highest BCUT2D eigenvalue weighted by Crippen LogP contribution is 2.28. The fourth-order valence-corrected chi connectivity index (χ4v) is 2.84. The summed E-state index contributed by atoms with van der Waals surface area (Å²) >= 11 is 1.10. The van der Waals surface area contributed by atoms with E-state index in [0.717, 1.165) is 30.8 Å². The normalized spacial score (nSPS) is 25.8. The molecule has 0 radical (unpaired) electrons. The Morgan fingerprint density at radius 2 is 2.47 bits per heavy atom. The molecule has 0 spiro atoms. The van der Waals surface area contributed by atoms with Crippen LogP contribution < -0.4 is 5.32 Å². The van der Waals surface area contributed by atoms with E-state index in [9.17, 15) is 10.1 Å². The second-order valence-corrected chi connectivity index (χ2v) is 5.55. The monoisotopic (exact) mass is 256 g/mol. The van der Waals surface area contributed by atoms with Crippen LogP contribution >= 0.6 is 11.3 Å². The number of hydrogen-bond donors (Lipinski definition) is 1. The molecule has 0 bridgehead atoms. The van der Waals surface area contributed by atoms with Crippen LogP contribution in [0.25, 0.3) is 0 Å². The van der Waals surface area contributed by atoms with Gasteiger partial charge in [0.15, 0.2) is 5.13 Å². The maximum Gasteiger partial charge on any atom is 0.345 e. The van der Waals surface area contributed by atoms with Crippen LogP contribution in [0, 0.1) is 16.0 Å². The van der Waals surface area contributed by atoms with E-state index in [2.05, 4.69) is 29.2 Å². The third-order valence-corrected chi connectivity index (χ3v) is 3.97. The highest BCUT2D eigenvalue weighted by molar-refractivity contribution is 7.18. The minimum atomic E-state index is -0.402. The molecule has 1 aromatic rings. The van der Waals surface area contributed by atoms with Crippen LogP contribution in [-0.4, -0.2) is 41.0 Å². The molecule has 2 rings (SSSR count). The molecule has 0 aliphatic carbocycles. The molecule has 2 unspecified atom stereocenters. The van der Waals surface area contributed by atoms with Crippen molar-refractivity contribution in [3.05, 3.63) is 16.3 Å². The van der Waals surface area contributed by atoms with Crippen LogP contribution in [0.2, 0.25) is 0 Å². The highest BCUT2D eigenvalue weighted by Gasteiger charge is 2.25. The Morgan fingerprint density at radius 3 is 3.06 bits per heavy atom. The summed E-state index contributed by atoms with van der Waals surface area (Å²) in [5, 5.41) is 14.6. The first kappa shape index (κ1) is 12.3. The molecular formula is C10H16N4O2S. The maximum absolute atomic E-state index is 10.6. The maximum atomic E-state index is 10.6. The van der Waals surface area contributed by atoms with Gasteiger partial charge in [0.2, 0.25) is 0 Å². The summed E-state index contributed by atoms with van der Waals surface area (Å²) in [4.78, 5) is 16.5. The molecule has 1 aliphatic heterocycles. The minimum absolute atomic E-state index is 0.0908. The van der Waals surface area contributed by atoms with Crippen LogP contribution in [0.15, 0.2) is 6.20 Å². The molecule has 1 saturated heterocycles. The lowest BCUT2D eigenvalue weighted by molar-refractivity contribution is -0.380. The summed E-state index contributed by atoms with van der Waals surface area (Å²) in [7, 11) is 2.11. The van der Waals surface area contributed by atoms with Gasteiger partial charge in [0.05, 0.1) is 4.92 Å². The SMILES string of the molecule is CC1CN(C)CCC1Nc1ncc([N+](=O)[O-])s1. The first-order valence-corrected chi connectivity index (χ1v) is 6.43. The quantitative estimate of drug-likeness (QED) is 0.659. The van der Waals surface area contributed by atoms with Crippen molar-refractivity contribution in [2.75, 3.05) is 25.5 Å². The van der Waals surface area contributed by atoms with Gasteiger partial charge in [0.1, 0.15) is 6.20 Å². The van der Waals surface area contributed by atoms with Gasteiger partial charge in [-0.2, -0.15) is 0 Å². The Labute approximate surface area is 104 Å². The molecule has 6 nitrogen and oxygen atoms in total. The van der Waals surface area contributed by atoms with Crippen molar-refractivity contribution in [1.29, 1.82) is 0 Å². The summed E-state index contributed by atoms with van der Waals surface area (Å²) in [5.74, 6) is 0.525. The summed E-state index contributed by atoms with van der Waals surface area (Å²) in [6, 6.07) is 0.358. The van der Waals surface area contributed by atoms with E-state index in [-0.39, 0.29) is 5.00 Å². The van der Waals surface area contributed by atoms with Gasteiger partial charge in [-0.05, 0) is 37.3 Å². The molecule has 0 amide bonds. The summed E-state index contributed by atoms with van der Waals surface area (Å²) in [6.45, 7) is 4.29. The predicted octanol–water partition coefficient (Wildman–Crippen LogP) is 1.80. The van der Waals surface area contributed by atoms with E-state index in [1.165, 1.54) is 6.20 Å².